The van der Waals surface area contributed by atoms with Crippen molar-refractivity contribution in [1.29, 1.82) is 0 Å². The molecule has 0 aliphatic carbocycles. The molecule has 22 aromatic rings. The number of carboxylic acid groups (broad SMARTS) is 1. The molecule has 7 aromatic heterocycles. The minimum Gasteiger partial charge on any atom is -0.478 e. The first-order valence-electron chi connectivity index (χ1n) is 47.3. The van der Waals surface area contributed by atoms with E-state index in [-0.39, 0.29) is 48.9 Å². The molecule has 658 valence electrons. The van der Waals surface area contributed by atoms with E-state index in [0.29, 0.717) is 0 Å². The van der Waals surface area contributed by atoms with Gasteiger partial charge in [0.2, 0.25) is 0 Å². The SMILES string of the molecule is CC(C)(C)c1ccc2c(c1)c1cc(C(C)(C)C)ccc1n2-c1ccc2c(c1)c1cc(-n3c4ccc(C(C)(C)C)cc4c4cc(C(C)(C)C)ccc43)ccc1n2-c1ccc2c(c1)c1cc(-n3c4ccc(-n5c6ccc(C(C)(C)C)cc6c6cc(C(C)(C)C)ccc65)cc4c4cc(-n5c6ccc(C(C)(C)C)cc6c6cc(C(C)(C)C)ccc65)ccc43)ccc1n2-c1ccc(C(=O)O)cc1. The molecule has 0 unspecified atom stereocenters. The maximum atomic E-state index is 12.7. The standard InChI is InChI=1S/C123H119N7O2/c1-116(2,3)72-27-43-101-87(57-72)88-58-73(117(4,5)6)28-44-102(88)125(101)81-39-53-111-97(67-81)98-68-82(126-103-45-29-74(118(7,8)9)59-89(103)90-60-75(119(10,11)12)30-46-104(90)126)40-54-112(98)129(111)85-37-51-109-95(65-85)96-66-86(38-52-110(96)124(109)80-35-25-71(26-36-80)115(131)132)130-113-55-41-83(127-105-47-31-76(120(13,14)15)61-91(105)92-62-77(121(16,17)18)32-48-106(92)127)69-99(113)100-70-84(42-56-114(100)130)128-107-49-33-78(122(19,20)21)63-93(107)94-64-79(123(22,23)24)34-50-108(94)128/h25-70H,1-24H3,(H,131,132). The summed E-state index contributed by atoms with van der Waals surface area (Å²) in [5.74, 6) is -0.966. The van der Waals surface area contributed by atoms with Gasteiger partial charge in [0.1, 0.15) is 0 Å². The summed E-state index contributed by atoms with van der Waals surface area (Å²) in [4.78, 5) is 12.7. The van der Waals surface area contributed by atoms with Crippen LogP contribution in [0.15, 0.2) is 279 Å². The van der Waals surface area contributed by atoms with E-state index in [2.05, 4.69) is 453 Å². The molecule has 0 atom stereocenters. The monoisotopic (exact) mass is 1730 g/mol. The molecule has 22 rings (SSSR count). The molecular weight excluding hydrogens is 1610 g/mol. The molecule has 0 saturated carbocycles. The fourth-order valence-electron chi connectivity index (χ4n) is 21.4. The number of hydrogen-bond donors (Lipinski definition) is 1. The Hall–Kier alpha value is -13.6. The van der Waals surface area contributed by atoms with Crippen LogP contribution in [0.3, 0.4) is 0 Å². The van der Waals surface area contributed by atoms with Crippen LogP contribution in [0.1, 0.15) is 221 Å². The van der Waals surface area contributed by atoms with Gasteiger partial charge in [-0.05, 0) is 318 Å². The molecule has 0 fully saturated rings. The number of carbonyl (C=O) groups is 1. The molecule has 132 heavy (non-hydrogen) atoms. The summed E-state index contributed by atoms with van der Waals surface area (Å²) < 4.78 is 17.3. The first kappa shape index (κ1) is 83.9. The minimum absolute atomic E-state index is 0.0585. The number of carboxylic acids is 1. The van der Waals surface area contributed by atoms with Crippen molar-refractivity contribution in [3.05, 3.63) is 329 Å². The van der Waals surface area contributed by atoms with E-state index in [4.69, 9.17) is 0 Å². The number of nitrogens with zero attached hydrogens (tertiary/aromatic N) is 7. The zero-order valence-electron chi connectivity index (χ0n) is 81.0. The van der Waals surface area contributed by atoms with E-state index in [1.54, 1.807) is 12.1 Å². The summed E-state index contributed by atoms with van der Waals surface area (Å²) in [6.07, 6.45) is 0. The van der Waals surface area contributed by atoms with Gasteiger partial charge in [-0.2, -0.15) is 0 Å². The molecule has 9 heteroatoms. The first-order valence-corrected chi connectivity index (χ1v) is 47.3. The number of rotatable bonds is 8. The molecule has 9 nitrogen and oxygen atoms in total. The molecule has 0 bridgehead atoms. The van der Waals surface area contributed by atoms with Gasteiger partial charge in [0.25, 0.3) is 0 Å². The van der Waals surface area contributed by atoms with Crippen molar-refractivity contribution in [2.75, 3.05) is 0 Å². The number of aromatic nitrogens is 7. The molecule has 0 amide bonds. The number of hydrogen-bond acceptors (Lipinski definition) is 1. The lowest BCUT2D eigenvalue weighted by Crippen LogP contribution is -2.10. The lowest BCUT2D eigenvalue weighted by molar-refractivity contribution is 0.0696. The van der Waals surface area contributed by atoms with Gasteiger partial charge in [0.15, 0.2) is 0 Å². The van der Waals surface area contributed by atoms with Crippen LogP contribution in [0.25, 0.3) is 192 Å². The van der Waals surface area contributed by atoms with Crippen molar-refractivity contribution >= 4 is 159 Å². The Morgan fingerprint density at radius 1 is 0.159 bits per heavy atom. The van der Waals surface area contributed by atoms with Crippen LogP contribution in [0, 0.1) is 0 Å². The largest absolute Gasteiger partial charge is 0.478 e. The van der Waals surface area contributed by atoms with Gasteiger partial charge in [-0.3, -0.25) is 0 Å². The van der Waals surface area contributed by atoms with Crippen molar-refractivity contribution in [3.63, 3.8) is 0 Å². The predicted molar refractivity (Wildman–Crippen MR) is 563 cm³/mol. The van der Waals surface area contributed by atoms with Gasteiger partial charge >= 0.3 is 5.97 Å². The Kier molecular flexibility index (Phi) is 18.1. The van der Waals surface area contributed by atoms with Crippen LogP contribution in [-0.2, 0) is 43.3 Å². The van der Waals surface area contributed by atoms with Gasteiger partial charge in [-0.1, -0.05) is 215 Å². The average molecular weight is 1730 g/mol. The normalized spacial score (nSPS) is 13.4. The molecule has 7 heterocycles. The van der Waals surface area contributed by atoms with Crippen molar-refractivity contribution in [2.24, 2.45) is 0 Å². The molecule has 1 N–H and O–H groups in total. The van der Waals surface area contributed by atoms with Gasteiger partial charge in [-0.15, -0.1) is 0 Å². The fraction of sp³-hybridized carbons (Fsp3) is 0.260. The van der Waals surface area contributed by atoms with Crippen LogP contribution < -0.4 is 0 Å². The molecule has 0 spiro atoms. The summed E-state index contributed by atoms with van der Waals surface area (Å²) in [5, 5.41) is 27.1. The second-order valence-corrected chi connectivity index (χ2v) is 46.3. The van der Waals surface area contributed by atoms with Crippen molar-refractivity contribution in [3.8, 4) is 39.8 Å². The maximum absolute atomic E-state index is 12.7. The Morgan fingerprint density at radius 2 is 0.273 bits per heavy atom. The highest BCUT2D eigenvalue weighted by Crippen LogP contribution is 2.49. The number of fused-ring (bicyclic) bond motifs is 21. The summed E-state index contributed by atoms with van der Waals surface area (Å²) in [6, 6.07) is 107. The third-order valence-electron chi connectivity index (χ3n) is 29.1. The van der Waals surface area contributed by atoms with Gasteiger partial charge < -0.3 is 37.1 Å². The van der Waals surface area contributed by atoms with Crippen LogP contribution in [0.4, 0.5) is 0 Å². The van der Waals surface area contributed by atoms with E-state index >= 15 is 0 Å². The van der Waals surface area contributed by atoms with E-state index in [0.717, 1.165) is 105 Å². The Bertz CT molecular complexity index is 7550. The smallest absolute Gasteiger partial charge is 0.335 e. The third kappa shape index (κ3) is 13.2. The second-order valence-electron chi connectivity index (χ2n) is 46.3. The Morgan fingerprint density at radius 3 is 0.402 bits per heavy atom. The fourth-order valence-corrected chi connectivity index (χ4v) is 21.4. The molecule has 0 saturated heterocycles. The van der Waals surface area contributed by atoms with E-state index in [1.807, 2.05) is 12.1 Å². The van der Waals surface area contributed by atoms with Crippen molar-refractivity contribution in [1.82, 2.24) is 32.0 Å². The highest BCUT2D eigenvalue weighted by Gasteiger charge is 2.31. The molecule has 0 aliphatic rings. The summed E-state index contributed by atoms with van der Waals surface area (Å²) in [6.45, 7) is 55.6. The summed E-state index contributed by atoms with van der Waals surface area (Å²) in [7, 11) is 0. The lowest BCUT2D eigenvalue weighted by atomic mass is 9.85. The third-order valence-corrected chi connectivity index (χ3v) is 29.1. The van der Waals surface area contributed by atoms with E-state index in [9.17, 15) is 9.90 Å². The van der Waals surface area contributed by atoms with E-state index < -0.39 is 5.97 Å². The van der Waals surface area contributed by atoms with Gasteiger partial charge in [0, 0.05) is 115 Å². The van der Waals surface area contributed by atoms with Crippen LogP contribution in [0.2, 0.25) is 0 Å². The van der Waals surface area contributed by atoms with Crippen LogP contribution >= 0.6 is 0 Å². The molecule has 15 aromatic carbocycles. The lowest BCUT2D eigenvalue weighted by Gasteiger charge is -2.19. The maximum Gasteiger partial charge on any atom is 0.335 e. The second kappa shape index (κ2) is 28.4. The molecule has 0 aliphatic heterocycles. The predicted octanol–water partition coefficient (Wildman–Crippen LogP) is 33.4. The first-order chi connectivity index (χ1) is 62.3. The topological polar surface area (TPSA) is 71.8 Å². The van der Waals surface area contributed by atoms with Crippen LogP contribution in [-0.4, -0.2) is 43.0 Å². The summed E-state index contributed by atoms with van der Waals surface area (Å²) >= 11 is 0. The molecule has 0 radical (unpaired) electrons. The highest BCUT2D eigenvalue weighted by atomic mass is 16.4. The molecular formula is C123H119N7O2. The van der Waals surface area contributed by atoms with Gasteiger partial charge in [0.05, 0.1) is 82.8 Å². The van der Waals surface area contributed by atoms with Gasteiger partial charge in [-0.25, -0.2) is 4.79 Å². The quantitative estimate of drug-likeness (QED) is 0.165. The van der Waals surface area contributed by atoms with Crippen molar-refractivity contribution in [2.45, 2.75) is 209 Å². The zero-order valence-corrected chi connectivity index (χ0v) is 81.0. The minimum atomic E-state index is -0.966. The highest BCUT2D eigenvalue weighted by molar-refractivity contribution is 6.19. The Labute approximate surface area is 773 Å². The summed E-state index contributed by atoms with van der Waals surface area (Å²) in [5.41, 5.74) is 33.1. The van der Waals surface area contributed by atoms with Crippen LogP contribution in [0.5, 0.6) is 0 Å². The van der Waals surface area contributed by atoms with E-state index in [1.165, 1.54) is 132 Å². The average Bonchev–Trinajstić information content (AvgIpc) is 1.55. The zero-order chi connectivity index (χ0) is 92.5. The van der Waals surface area contributed by atoms with Crippen molar-refractivity contribution < 1.29 is 9.90 Å². The number of aromatic carboxylic acids is 1. The Balaban J connectivity index is 0.800. The number of benzene rings is 15.